The number of anilines is 1. The summed E-state index contributed by atoms with van der Waals surface area (Å²) < 4.78 is 32.6. The number of sulfonamides is 1. The van der Waals surface area contributed by atoms with Gasteiger partial charge in [-0.3, -0.25) is 4.79 Å². The molecule has 0 atom stereocenters. The second kappa shape index (κ2) is 9.34. The number of amides is 1. The van der Waals surface area contributed by atoms with E-state index in [1.54, 1.807) is 37.3 Å². The molecule has 1 saturated heterocycles. The monoisotopic (exact) mass is 456 g/mol. The number of carbonyl (C=O) groups is 1. The highest BCUT2D eigenvalue weighted by Crippen LogP contribution is 2.27. The van der Waals surface area contributed by atoms with E-state index < -0.39 is 10.0 Å². The predicted octanol–water partition coefficient (Wildman–Crippen LogP) is 4.49. The van der Waals surface area contributed by atoms with Gasteiger partial charge in [-0.05, 0) is 61.7 Å². The van der Waals surface area contributed by atoms with Crippen LogP contribution in [0.25, 0.3) is 0 Å². The van der Waals surface area contributed by atoms with Gasteiger partial charge in [0.2, 0.25) is 10.0 Å². The van der Waals surface area contributed by atoms with Crippen LogP contribution in [0.5, 0.6) is 5.75 Å². The summed E-state index contributed by atoms with van der Waals surface area (Å²) in [5.41, 5.74) is 1.15. The maximum absolute atomic E-state index is 12.8. The van der Waals surface area contributed by atoms with E-state index >= 15 is 0 Å². The average Bonchev–Trinajstić information content (AvgIpc) is 2.70. The fraction of sp³-hybridized carbons (Fsp3) is 0.350. The number of ether oxygens (including phenoxy) is 1. The molecule has 1 N–H and O–H groups in total. The Labute approximate surface area is 180 Å². The highest BCUT2D eigenvalue weighted by molar-refractivity contribution is 7.89. The Hall–Kier alpha value is -1.80. The lowest BCUT2D eigenvalue weighted by Crippen LogP contribution is -2.35. The molecule has 0 bridgehead atoms. The number of piperidine rings is 1. The summed E-state index contributed by atoms with van der Waals surface area (Å²) in [6, 6.07) is 9.45. The van der Waals surface area contributed by atoms with E-state index in [0.29, 0.717) is 40.1 Å². The fourth-order valence-corrected chi connectivity index (χ4v) is 5.01. The Morgan fingerprint density at radius 2 is 1.79 bits per heavy atom. The molecule has 0 aliphatic carbocycles. The molecule has 0 saturated carbocycles. The van der Waals surface area contributed by atoms with Gasteiger partial charge in [0, 0.05) is 18.8 Å². The molecule has 0 spiro atoms. The zero-order valence-electron chi connectivity index (χ0n) is 16.0. The van der Waals surface area contributed by atoms with Gasteiger partial charge in [0.05, 0.1) is 14.9 Å². The van der Waals surface area contributed by atoms with E-state index in [1.807, 2.05) is 0 Å². The van der Waals surface area contributed by atoms with E-state index in [0.717, 1.165) is 19.3 Å². The Balaban J connectivity index is 1.63. The molecule has 1 heterocycles. The maximum Gasteiger partial charge on any atom is 0.262 e. The smallest absolute Gasteiger partial charge is 0.262 e. The molecule has 2 aromatic carbocycles. The largest absolute Gasteiger partial charge is 0.483 e. The molecule has 156 valence electrons. The number of rotatable bonds is 6. The Bertz CT molecular complexity index is 1010. The van der Waals surface area contributed by atoms with Crippen molar-refractivity contribution in [3.05, 3.63) is 52.0 Å². The molecular formula is C20H22Cl2N2O4S. The van der Waals surface area contributed by atoms with Crippen LogP contribution in [-0.2, 0) is 14.8 Å². The number of hydrogen-bond donors (Lipinski definition) is 1. The van der Waals surface area contributed by atoms with Crippen molar-refractivity contribution >= 4 is 44.8 Å². The number of nitrogens with one attached hydrogen (secondary N) is 1. The summed E-state index contributed by atoms with van der Waals surface area (Å²) in [6.45, 7) is 2.63. The third-order valence-electron chi connectivity index (χ3n) is 4.66. The number of aryl methyl sites for hydroxylation is 1. The van der Waals surface area contributed by atoms with E-state index in [9.17, 15) is 13.2 Å². The van der Waals surface area contributed by atoms with Crippen molar-refractivity contribution in [2.45, 2.75) is 31.1 Å². The minimum absolute atomic E-state index is 0.223. The zero-order valence-corrected chi connectivity index (χ0v) is 18.3. The summed E-state index contributed by atoms with van der Waals surface area (Å²) in [6.07, 6.45) is 2.82. The third-order valence-corrected chi connectivity index (χ3v) is 7.29. The SMILES string of the molecule is Cc1cc(S(=O)(=O)N2CCCCC2)ccc1OCC(=O)Nc1ccc(Cl)c(Cl)c1. The van der Waals surface area contributed by atoms with Gasteiger partial charge >= 0.3 is 0 Å². The van der Waals surface area contributed by atoms with E-state index in [4.69, 9.17) is 27.9 Å². The van der Waals surface area contributed by atoms with Crippen molar-refractivity contribution in [1.29, 1.82) is 0 Å². The lowest BCUT2D eigenvalue weighted by Gasteiger charge is -2.26. The van der Waals surface area contributed by atoms with Crippen LogP contribution in [0.3, 0.4) is 0 Å². The highest BCUT2D eigenvalue weighted by atomic mass is 35.5. The number of nitrogens with zero attached hydrogens (tertiary/aromatic N) is 1. The minimum Gasteiger partial charge on any atom is -0.483 e. The van der Waals surface area contributed by atoms with Gasteiger partial charge < -0.3 is 10.1 Å². The van der Waals surface area contributed by atoms with Crippen molar-refractivity contribution in [1.82, 2.24) is 4.31 Å². The average molecular weight is 457 g/mol. The van der Waals surface area contributed by atoms with Crippen molar-refractivity contribution in [3.8, 4) is 5.75 Å². The topological polar surface area (TPSA) is 75.7 Å². The Kier molecular flexibility index (Phi) is 7.05. The van der Waals surface area contributed by atoms with Gasteiger partial charge in [-0.15, -0.1) is 0 Å². The quantitative estimate of drug-likeness (QED) is 0.694. The van der Waals surface area contributed by atoms with Crippen LogP contribution in [0.15, 0.2) is 41.3 Å². The normalized spacial score (nSPS) is 15.1. The van der Waals surface area contributed by atoms with Crippen LogP contribution in [0.2, 0.25) is 10.0 Å². The van der Waals surface area contributed by atoms with E-state index in [1.165, 1.54) is 10.4 Å². The van der Waals surface area contributed by atoms with Gasteiger partial charge in [-0.2, -0.15) is 4.31 Å². The maximum atomic E-state index is 12.8. The molecule has 1 amide bonds. The summed E-state index contributed by atoms with van der Waals surface area (Å²) in [5, 5.41) is 3.41. The van der Waals surface area contributed by atoms with Crippen LogP contribution in [-0.4, -0.2) is 38.3 Å². The minimum atomic E-state index is -3.51. The molecule has 0 radical (unpaired) electrons. The molecule has 29 heavy (non-hydrogen) atoms. The van der Waals surface area contributed by atoms with Gasteiger partial charge in [-0.1, -0.05) is 29.6 Å². The number of hydrogen-bond acceptors (Lipinski definition) is 4. The molecule has 1 fully saturated rings. The van der Waals surface area contributed by atoms with Gasteiger partial charge in [0.1, 0.15) is 5.75 Å². The molecule has 6 nitrogen and oxygen atoms in total. The predicted molar refractivity (Wildman–Crippen MR) is 114 cm³/mol. The first-order chi connectivity index (χ1) is 13.8. The van der Waals surface area contributed by atoms with Crippen LogP contribution >= 0.6 is 23.2 Å². The highest BCUT2D eigenvalue weighted by Gasteiger charge is 2.26. The number of carbonyl (C=O) groups excluding carboxylic acids is 1. The lowest BCUT2D eigenvalue weighted by molar-refractivity contribution is -0.118. The standard InChI is InChI=1S/C20H22Cl2N2O4S/c1-14-11-16(29(26,27)24-9-3-2-4-10-24)6-8-19(14)28-13-20(25)23-15-5-7-17(21)18(22)12-15/h5-8,11-12H,2-4,9-10,13H2,1H3,(H,23,25). The molecule has 1 aliphatic rings. The Morgan fingerprint density at radius 3 is 2.45 bits per heavy atom. The first kappa shape index (κ1) is 21.9. The fourth-order valence-electron chi connectivity index (χ4n) is 3.11. The first-order valence-corrected chi connectivity index (χ1v) is 11.5. The number of benzene rings is 2. The van der Waals surface area contributed by atoms with E-state index in [2.05, 4.69) is 5.32 Å². The first-order valence-electron chi connectivity index (χ1n) is 9.26. The van der Waals surface area contributed by atoms with Gasteiger partial charge in [0.25, 0.3) is 5.91 Å². The second-order valence-corrected chi connectivity index (χ2v) is 9.61. The van der Waals surface area contributed by atoms with Gasteiger partial charge in [0.15, 0.2) is 6.61 Å². The molecule has 0 aromatic heterocycles. The Morgan fingerprint density at radius 1 is 1.07 bits per heavy atom. The third kappa shape index (κ3) is 5.42. The van der Waals surface area contributed by atoms with Crippen LogP contribution in [0, 0.1) is 6.92 Å². The van der Waals surface area contributed by atoms with Crippen molar-refractivity contribution < 1.29 is 17.9 Å². The lowest BCUT2D eigenvalue weighted by atomic mass is 10.2. The molecule has 1 aliphatic heterocycles. The second-order valence-electron chi connectivity index (χ2n) is 6.86. The van der Waals surface area contributed by atoms with Crippen LogP contribution < -0.4 is 10.1 Å². The van der Waals surface area contributed by atoms with Crippen molar-refractivity contribution in [2.75, 3.05) is 25.0 Å². The molecule has 2 aromatic rings. The summed E-state index contributed by atoms with van der Waals surface area (Å²) in [5.74, 6) is 0.0830. The van der Waals surface area contributed by atoms with Crippen LogP contribution in [0.1, 0.15) is 24.8 Å². The molecule has 0 unspecified atom stereocenters. The molecule has 9 heteroatoms. The molecular weight excluding hydrogens is 435 g/mol. The number of halogens is 2. The van der Waals surface area contributed by atoms with Crippen molar-refractivity contribution in [3.63, 3.8) is 0 Å². The van der Waals surface area contributed by atoms with E-state index in [-0.39, 0.29) is 17.4 Å². The summed E-state index contributed by atoms with van der Waals surface area (Å²) in [4.78, 5) is 12.4. The molecule has 3 rings (SSSR count). The van der Waals surface area contributed by atoms with Gasteiger partial charge in [-0.25, -0.2) is 8.42 Å². The van der Waals surface area contributed by atoms with Crippen molar-refractivity contribution in [2.24, 2.45) is 0 Å². The summed E-state index contributed by atoms with van der Waals surface area (Å²) in [7, 11) is -3.51. The zero-order chi connectivity index (χ0) is 21.0. The summed E-state index contributed by atoms with van der Waals surface area (Å²) >= 11 is 11.8. The van der Waals surface area contributed by atoms with Crippen LogP contribution in [0.4, 0.5) is 5.69 Å².